The minimum absolute atomic E-state index is 0.352. The van der Waals surface area contributed by atoms with Gasteiger partial charge in [-0.15, -0.1) is 0 Å². The molecule has 2 N–H and O–H groups in total. The molecule has 0 aliphatic carbocycles. The minimum atomic E-state index is -3.92. The van der Waals surface area contributed by atoms with Gasteiger partial charge in [0, 0.05) is 12.7 Å². The van der Waals surface area contributed by atoms with Crippen molar-refractivity contribution in [2.24, 2.45) is 0 Å². The van der Waals surface area contributed by atoms with Crippen LogP contribution in [0.5, 0.6) is 0 Å². The van der Waals surface area contributed by atoms with Crippen molar-refractivity contribution in [1.82, 2.24) is 0 Å². The maximum Gasteiger partial charge on any atom is 0.266 e. The van der Waals surface area contributed by atoms with E-state index in [0.29, 0.717) is 11.4 Å². The van der Waals surface area contributed by atoms with Crippen LogP contribution in [0.2, 0.25) is 0 Å². The molecule has 0 saturated heterocycles. The molecule has 19 heavy (non-hydrogen) atoms. The molecule has 4 nitrogen and oxygen atoms in total. The van der Waals surface area contributed by atoms with Crippen molar-refractivity contribution >= 4 is 21.4 Å². The number of halogens is 1. The van der Waals surface area contributed by atoms with Gasteiger partial charge in [0.15, 0.2) is 0 Å². The summed E-state index contributed by atoms with van der Waals surface area (Å²) in [5.41, 5.74) is 6.49. The molecule has 6 heteroatoms. The molecule has 0 unspecified atom stereocenters. The first-order chi connectivity index (χ1) is 8.93. The number of hydrogen-bond acceptors (Lipinski definition) is 3. The van der Waals surface area contributed by atoms with E-state index in [1.807, 2.05) is 0 Å². The highest BCUT2D eigenvalue weighted by Crippen LogP contribution is 2.24. The van der Waals surface area contributed by atoms with Crippen molar-refractivity contribution in [3.8, 4) is 0 Å². The van der Waals surface area contributed by atoms with Crippen LogP contribution in [0, 0.1) is 5.82 Å². The Balaban J connectivity index is 2.45. The van der Waals surface area contributed by atoms with Crippen LogP contribution in [0.25, 0.3) is 0 Å². The molecule has 0 spiro atoms. The van der Waals surface area contributed by atoms with E-state index in [-0.39, 0.29) is 4.90 Å². The molecule has 100 valence electrons. The normalized spacial score (nSPS) is 11.3. The lowest BCUT2D eigenvalue weighted by Crippen LogP contribution is -2.27. The second-order valence-electron chi connectivity index (χ2n) is 3.99. The number of anilines is 2. The smallest absolute Gasteiger partial charge is 0.266 e. The van der Waals surface area contributed by atoms with Crippen molar-refractivity contribution < 1.29 is 12.8 Å². The second-order valence-corrected chi connectivity index (χ2v) is 5.93. The summed E-state index contributed by atoms with van der Waals surface area (Å²) in [5, 5.41) is 0. The Morgan fingerprint density at radius 2 is 1.63 bits per heavy atom. The first kappa shape index (κ1) is 13.4. The fourth-order valence-corrected chi connectivity index (χ4v) is 2.88. The van der Waals surface area contributed by atoms with Crippen molar-refractivity contribution in [3.63, 3.8) is 0 Å². The van der Waals surface area contributed by atoms with E-state index in [1.165, 1.54) is 25.2 Å². The summed E-state index contributed by atoms with van der Waals surface area (Å²) in [5.74, 6) is -0.773. The fourth-order valence-electron chi connectivity index (χ4n) is 1.62. The molecule has 0 heterocycles. The van der Waals surface area contributed by atoms with Crippen LogP contribution >= 0.6 is 0 Å². The number of rotatable bonds is 3. The van der Waals surface area contributed by atoms with E-state index in [0.717, 1.165) is 10.4 Å². The third-order valence-corrected chi connectivity index (χ3v) is 4.55. The lowest BCUT2D eigenvalue weighted by atomic mass is 10.3. The quantitative estimate of drug-likeness (QED) is 0.877. The first-order valence-corrected chi connectivity index (χ1v) is 6.96. The molecule has 0 aliphatic heterocycles. The number of nitrogen functional groups attached to an aromatic ring is 1. The number of benzene rings is 2. The topological polar surface area (TPSA) is 63.4 Å². The van der Waals surface area contributed by atoms with Gasteiger partial charge >= 0.3 is 0 Å². The summed E-state index contributed by atoms with van der Waals surface area (Å²) in [7, 11) is -2.55. The molecule has 0 amide bonds. The first-order valence-electron chi connectivity index (χ1n) is 5.52. The van der Waals surface area contributed by atoms with Gasteiger partial charge in [0.25, 0.3) is 10.0 Å². The average Bonchev–Trinajstić information content (AvgIpc) is 2.39. The Hall–Kier alpha value is -2.08. The Kier molecular flexibility index (Phi) is 3.44. The van der Waals surface area contributed by atoms with Gasteiger partial charge in [-0.1, -0.05) is 12.1 Å². The highest BCUT2D eigenvalue weighted by atomic mass is 32.2. The Bertz CT molecular complexity index is 684. The molecular formula is C13H13FN2O2S. The van der Waals surface area contributed by atoms with Crippen LogP contribution in [0.15, 0.2) is 53.4 Å². The van der Waals surface area contributed by atoms with Gasteiger partial charge in [-0.3, -0.25) is 4.31 Å². The van der Waals surface area contributed by atoms with Gasteiger partial charge in [0.1, 0.15) is 10.7 Å². The summed E-state index contributed by atoms with van der Waals surface area (Å²) in [6.07, 6.45) is 0. The van der Waals surface area contributed by atoms with E-state index in [1.54, 1.807) is 24.3 Å². The molecule has 2 rings (SSSR count). The Morgan fingerprint density at radius 1 is 1.05 bits per heavy atom. The zero-order valence-electron chi connectivity index (χ0n) is 10.2. The van der Waals surface area contributed by atoms with Crippen molar-refractivity contribution in [3.05, 3.63) is 54.3 Å². The standard InChI is InChI=1S/C13H13FN2O2S/c1-16(11-8-6-10(15)7-9-11)19(17,18)13-5-3-2-4-12(13)14/h2-9H,15H2,1H3. The fraction of sp³-hybridized carbons (Fsp3) is 0.0769. The number of hydrogen-bond donors (Lipinski definition) is 1. The number of nitrogens with two attached hydrogens (primary N) is 1. The predicted octanol–water partition coefficient (Wildman–Crippen LogP) is 2.23. The van der Waals surface area contributed by atoms with E-state index in [2.05, 4.69) is 0 Å². The van der Waals surface area contributed by atoms with Crippen LogP contribution in [-0.4, -0.2) is 15.5 Å². The Labute approximate surface area is 111 Å². The molecule has 0 radical (unpaired) electrons. The summed E-state index contributed by atoms with van der Waals surface area (Å²) < 4.78 is 39.2. The summed E-state index contributed by atoms with van der Waals surface area (Å²) in [4.78, 5) is -0.352. The molecule has 2 aromatic rings. The van der Waals surface area contributed by atoms with Gasteiger partial charge < -0.3 is 5.73 Å². The maximum absolute atomic E-state index is 13.6. The van der Waals surface area contributed by atoms with Crippen LogP contribution in [0.3, 0.4) is 0 Å². The van der Waals surface area contributed by atoms with Gasteiger partial charge in [-0.2, -0.15) is 0 Å². The lowest BCUT2D eigenvalue weighted by Gasteiger charge is -2.19. The maximum atomic E-state index is 13.6. The second kappa shape index (κ2) is 4.89. The van der Waals surface area contributed by atoms with Crippen LogP contribution in [0.1, 0.15) is 0 Å². The molecule has 0 fully saturated rings. The van der Waals surface area contributed by atoms with Gasteiger partial charge in [0.05, 0.1) is 5.69 Å². The number of sulfonamides is 1. The van der Waals surface area contributed by atoms with Gasteiger partial charge in [-0.25, -0.2) is 12.8 Å². The summed E-state index contributed by atoms with van der Waals surface area (Å²) in [6.45, 7) is 0. The molecule has 0 bridgehead atoms. The molecule has 0 aliphatic rings. The third kappa shape index (κ3) is 2.53. The highest BCUT2D eigenvalue weighted by Gasteiger charge is 2.24. The third-order valence-electron chi connectivity index (χ3n) is 2.73. The van der Waals surface area contributed by atoms with E-state index in [9.17, 15) is 12.8 Å². The zero-order chi connectivity index (χ0) is 14.0. The van der Waals surface area contributed by atoms with Crippen LogP contribution < -0.4 is 10.0 Å². The van der Waals surface area contributed by atoms with Crippen LogP contribution in [-0.2, 0) is 10.0 Å². The molecule has 0 aromatic heterocycles. The van der Waals surface area contributed by atoms with Crippen molar-refractivity contribution in [2.75, 3.05) is 17.1 Å². The SMILES string of the molecule is CN(c1ccc(N)cc1)S(=O)(=O)c1ccccc1F. The summed E-state index contributed by atoms with van der Waals surface area (Å²) >= 11 is 0. The lowest BCUT2D eigenvalue weighted by molar-refractivity contribution is 0.566. The minimum Gasteiger partial charge on any atom is -0.399 e. The van der Waals surface area contributed by atoms with Crippen molar-refractivity contribution in [1.29, 1.82) is 0 Å². The largest absolute Gasteiger partial charge is 0.399 e. The molecule has 0 saturated carbocycles. The summed E-state index contributed by atoms with van der Waals surface area (Å²) in [6, 6.07) is 11.6. The van der Waals surface area contributed by atoms with Crippen LogP contribution in [0.4, 0.5) is 15.8 Å². The van der Waals surface area contributed by atoms with E-state index in [4.69, 9.17) is 5.73 Å². The molecule has 0 atom stereocenters. The van der Waals surface area contributed by atoms with Gasteiger partial charge in [-0.05, 0) is 36.4 Å². The monoisotopic (exact) mass is 280 g/mol. The van der Waals surface area contributed by atoms with Gasteiger partial charge in [0.2, 0.25) is 0 Å². The molecule has 2 aromatic carbocycles. The highest BCUT2D eigenvalue weighted by molar-refractivity contribution is 7.92. The predicted molar refractivity (Wildman–Crippen MR) is 72.8 cm³/mol. The number of nitrogens with zero attached hydrogens (tertiary/aromatic N) is 1. The molecular weight excluding hydrogens is 267 g/mol. The van der Waals surface area contributed by atoms with Crippen molar-refractivity contribution in [2.45, 2.75) is 4.90 Å². The van der Waals surface area contributed by atoms with E-state index < -0.39 is 15.8 Å². The zero-order valence-corrected chi connectivity index (χ0v) is 11.1. The van der Waals surface area contributed by atoms with E-state index >= 15 is 0 Å². The Morgan fingerprint density at radius 3 is 2.21 bits per heavy atom. The average molecular weight is 280 g/mol.